The van der Waals surface area contributed by atoms with Gasteiger partial charge in [-0.25, -0.2) is 22.7 Å². The zero-order valence-corrected chi connectivity index (χ0v) is 11.7. The number of hydrogen-bond donors (Lipinski definition) is 1. The summed E-state index contributed by atoms with van der Waals surface area (Å²) >= 11 is 0. The van der Waals surface area contributed by atoms with Gasteiger partial charge in [-0.05, 0) is 13.0 Å². The van der Waals surface area contributed by atoms with Crippen molar-refractivity contribution in [3.63, 3.8) is 0 Å². The van der Waals surface area contributed by atoms with Crippen LogP contribution in [0.3, 0.4) is 0 Å². The highest BCUT2D eigenvalue weighted by Crippen LogP contribution is 1.98. The van der Waals surface area contributed by atoms with E-state index in [1.54, 1.807) is 12.4 Å². The molecule has 0 aliphatic heterocycles. The summed E-state index contributed by atoms with van der Waals surface area (Å²) in [6.07, 6.45) is 7.04. The van der Waals surface area contributed by atoms with Gasteiger partial charge in [0.1, 0.15) is 6.33 Å². The lowest BCUT2D eigenvalue weighted by Gasteiger charge is -2.17. The Labute approximate surface area is 108 Å². The Morgan fingerprint density at radius 2 is 2.00 bits per heavy atom. The van der Waals surface area contributed by atoms with Crippen molar-refractivity contribution in [2.45, 2.75) is 19.9 Å². The van der Waals surface area contributed by atoms with Gasteiger partial charge in [-0.15, -0.1) is 0 Å². The van der Waals surface area contributed by atoms with Crippen molar-refractivity contribution in [3.05, 3.63) is 24.3 Å². The highest BCUT2D eigenvalue weighted by Gasteiger charge is 2.12. The first kappa shape index (κ1) is 15.0. The average Bonchev–Trinajstić information content (AvgIpc) is 2.33. The van der Waals surface area contributed by atoms with Crippen molar-refractivity contribution in [2.75, 3.05) is 25.9 Å². The highest BCUT2D eigenvalue weighted by molar-refractivity contribution is 7.88. The third-order valence-corrected chi connectivity index (χ3v) is 3.90. The molecule has 0 radical (unpaired) electrons. The molecule has 0 bridgehead atoms. The van der Waals surface area contributed by atoms with Crippen LogP contribution in [0.1, 0.15) is 18.9 Å². The molecule has 1 aromatic heterocycles. The third-order valence-electron chi connectivity index (χ3n) is 2.53. The second-order valence-corrected chi connectivity index (χ2v) is 6.01. The summed E-state index contributed by atoms with van der Waals surface area (Å²) in [4.78, 5) is 7.84. The Balaban J connectivity index is 2.19. The quantitative estimate of drug-likeness (QED) is 0.686. The molecule has 1 rings (SSSR count). The van der Waals surface area contributed by atoms with Crippen molar-refractivity contribution in [1.29, 1.82) is 0 Å². The van der Waals surface area contributed by atoms with E-state index >= 15 is 0 Å². The maximum Gasteiger partial charge on any atom is 0.211 e. The van der Waals surface area contributed by atoms with Crippen LogP contribution in [-0.2, 0) is 16.6 Å². The van der Waals surface area contributed by atoms with Crippen molar-refractivity contribution in [1.82, 2.24) is 19.6 Å². The minimum atomic E-state index is -3.07. The first-order valence-corrected chi connectivity index (χ1v) is 7.78. The van der Waals surface area contributed by atoms with Gasteiger partial charge < -0.3 is 5.32 Å². The summed E-state index contributed by atoms with van der Waals surface area (Å²) in [5.41, 5.74) is 1.02. The molecule has 1 N–H and O–H groups in total. The normalized spacial score (nSPS) is 11.9. The van der Waals surface area contributed by atoms with Gasteiger partial charge in [0.15, 0.2) is 0 Å². The van der Waals surface area contributed by atoms with E-state index in [4.69, 9.17) is 0 Å². The van der Waals surface area contributed by atoms with Crippen molar-refractivity contribution < 1.29 is 8.42 Å². The molecule has 1 aromatic rings. The standard InChI is InChI=1S/C11H20N4O2S/c1-3-15(18(2,16)17)6-4-5-12-7-11-8-13-10-14-9-11/h8-10,12H,3-7H2,1-2H3. The molecular weight excluding hydrogens is 252 g/mol. The lowest BCUT2D eigenvalue weighted by Crippen LogP contribution is -2.32. The monoisotopic (exact) mass is 272 g/mol. The Kier molecular flexibility index (Phi) is 6.17. The molecule has 6 nitrogen and oxygen atoms in total. The summed E-state index contributed by atoms with van der Waals surface area (Å²) in [6, 6.07) is 0. The fourth-order valence-corrected chi connectivity index (χ4v) is 2.52. The smallest absolute Gasteiger partial charge is 0.211 e. The van der Waals surface area contributed by atoms with Gasteiger partial charge in [-0.2, -0.15) is 0 Å². The summed E-state index contributed by atoms with van der Waals surface area (Å²) < 4.78 is 24.1. The fourth-order valence-electron chi connectivity index (χ4n) is 1.59. The second kappa shape index (κ2) is 7.40. The molecule has 0 aliphatic rings. The predicted octanol–water partition coefficient (Wildman–Crippen LogP) is 0.238. The molecule has 1 heterocycles. The van der Waals surface area contributed by atoms with E-state index < -0.39 is 10.0 Å². The molecule has 102 valence electrons. The predicted molar refractivity (Wildman–Crippen MR) is 70.4 cm³/mol. The van der Waals surface area contributed by atoms with Crippen LogP contribution in [0.5, 0.6) is 0 Å². The van der Waals surface area contributed by atoms with E-state index in [1.165, 1.54) is 16.9 Å². The Morgan fingerprint density at radius 3 is 2.56 bits per heavy atom. The van der Waals surface area contributed by atoms with Crippen LogP contribution in [0, 0.1) is 0 Å². The molecule has 18 heavy (non-hydrogen) atoms. The van der Waals surface area contributed by atoms with Gasteiger partial charge in [0.05, 0.1) is 6.26 Å². The van der Waals surface area contributed by atoms with Crippen LogP contribution in [0.15, 0.2) is 18.7 Å². The van der Waals surface area contributed by atoms with E-state index in [0.29, 0.717) is 19.6 Å². The van der Waals surface area contributed by atoms with E-state index in [-0.39, 0.29) is 0 Å². The summed E-state index contributed by atoms with van der Waals surface area (Å²) in [6.45, 7) is 4.38. The zero-order valence-electron chi connectivity index (χ0n) is 10.8. The van der Waals surface area contributed by atoms with Crippen LogP contribution >= 0.6 is 0 Å². The van der Waals surface area contributed by atoms with E-state index in [9.17, 15) is 8.42 Å². The zero-order chi connectivity index (χ0) is 13.4. The van der Waals surface area contributed by atoms with Crippen LogP contribution in [0.25, 0.3) is 0 Å². The number of aromatic nitrogens is 2. The minimum absolute atomic E-state index is 0.519. The average molecular weight is 272 g/mol. The number of nitrogens with one attached hydrogen (secondary N) is 1. The SMILES string of the molecule is CCN(CCCNCc1cncnc1)S(C)(=O)=O. The lowest BCUT2D eigenvalue weighted by atomic mass is 10.3. The number of sulfonamides is 1. The van der Waals surface area contributed by atoms with Gasteiger partial charge in [0.25, 0.3) is 0 Å². The largest absolute Gasteiger partial charge is 0.313 e. The van der Waals surface area contributed by atoms with Gasteiger partial charge in [-0.1, -0.05) is 6.92 Å². The minimum Gasteiger partial charge on any atom is -0.313 e. The Bertz CT molecular complexity index is 436. The molecule has 7 heteroatoms. The lowest BCUT2D eigenvalue weighted by molar-refractivity contribution is 0.419. The number of nitrogens with zero attached hydrogens (tertiary/aromatic N) is 3. The highest BCUT2D eigenvalue weighted by atomic mass is 32.2. The molecule has 0 atom stereocenters. The third kappa shape index (κ3) is 5.52. The van der Waals surface area contributed by atoms with Gasteiger partial charge >= 0.3 is 0 Å². The van der Waals surface area contributed by atoms with Crippen LogP contribution in [0.4, 0.5) is 0 Å². The molecular formula is C11H20N4O2S. The van der Waals surface area contributed by atoms with Gasteiger partial charge in [0, 0.05) is 37.6 Å². The van der Waals surface area contributed by atoms with Crippen LogP contribution < -0.4 is 5.32 Å². The first-order chi connectivity index (χ1) is 8.54. The van der Waals surface area contributed by atoms with E-state index in [2.05, 4.69) is 15.3 Å². The second-order valence-electron chi connectivity index (χ2n) is 4.03. The van der Waals surface area contributed by atoms with Gasteiger partial charge in [-0.3, -0.25) is 0 Å². The summed E-state index contributed by atoms with van der Waals surface area (Å²) in [7, 11) is -3.07. The molecule has 0 aromatic carbocycles. The summed E-state index contributed by atoms with van der Waals surface area (Å²) in [5.74, 6) is 0. The molecule has 0 amide bonds. The number of rotatable bonds is 8. The van der Waals surface area contributed by atoms with E-state index in [1.807, 2.05) is 6.92 Å². The van der Waals surface area contributed by atoms with Crippen LogP contribution in [0.2, 0.25) is 0 Å². The first-order valence-electron chi connectivity index (χ1n) is 5.93. The fraction of sp³-hybridized carbons (Fsp3) is 0.636. The van der Waals surface area contributed by atoms with Crippen LogP contribution in [-0.4, -0.2) is 48.6 Å². The maximum absolute atomic E-state index is 11.3. The van der Waals surface area contributed by atoms with E-state index in [0.717, 1.165) is 18.5 Å². The maximum atomic E-state index is 11.3. The van der Waals surface area contributed by atoms with Crippen molar-refractivity contribution in [2.24, 2.45) is 0 Å². The molecule has 0 saturated heterocycles. The Morgan fingerprint density at radius 1 is 1.33 bits per heavy atom. The molecule has 0 spiro atoms. The van der Waals surface area contributed by atoms with Crippen molar-refractivity contribution in [3.8, 4) is 0 Å². The van der Waals surface area contributed by atoms with Crippen molar-refractivity contribution >= 4 is 10.0 Å². The molecule has 0 fully saturated rings. The topological polar surface area (TPSA) is 75.2 Å². The molecule has 0 saturated carbocycles. The van der Waals surface area contributed by atoms with Gasteiger partial charge in [0.2, 0.25) is 10.0 Å². The Hall–Kier alpha value is -1.05. The summed E-state index contributed by atoms with van der Waals surface area (Å²) in [5, 5.41) is 3.23. The number of hydrogen-bond acceptors (Lipinski definition) is 5. The molecule has 0 unspecified atom stereocenters. The molecule has 0 aliphatic carbocycles.